The predicted octanol–water partition coefficient (Wildman–Crippen LogP) is -2.31. The molecule has 8 heavy (non-hydrogen) atoms. The third kappa shape index (κ3) is 1.45. The van der Waals surface area contributed by atoms with Crippen LogP contribution in [-0.2, 0) is 9.53 Å². The quantitative estimate of drug-likeness (QED) is 0.355. The highest BCUT2D eigenvalue weighted by Crippen LogP contribution is 1.85. The van der Waals surface area contributed by atoms with Crippen molar-refractivity contribution in [2.24, 2.45) is 17.2 Å². The molecule has 0 rings (SSSR count). The molecular weight excluding hydrogens is 110 g/mol. The average molecular weight is 119 g/mol. The topological polar surface area (TPSA) is 104 Å². The maximum absolute atomic E-state index is 10.1. The van der Waals surface area contributed by atoms with Gasteiger partial charge in [0.15, 0.2) is 0 Å². The Balaban J connectivity index is 3.91. The van der Waals surface area contributed by atoms with Gasteiger partial charge in [-0.1, -0.05) is 0 Å². The van der Waals surface area contributed by atoms with E-state index in [0.717, 1.165) is 0 Å². The summed E-state index contributed by atoms with van der Waals surface area (Å²) >= 11 is 0. The number of amides is 1. The van der Waals surface area contributed by atoms with Gasteiger partial charge in [0, 0.05) is 7.11 Å². The molecule has 5 heteroatoms. The zero-order chi connectivity index (χ0) is 6.78. The second-order valence-electron chi connectivity index (χ2n) is 1.36. The summed E-state index contributed by atoms with van der Waals surface area (Å²) in [5.41, 5.74) is 14.5. The Morgan fingerprint density at radius 3 is 2.00 bits per heavy atom. The van der Waals surface area contributed by atoms with Gasteiger partial charge in [0.1, 0.15) is 0 Å². The molecule has 0 saturated heterocycles. The molecule has 0 aliphatic rings. The fourth-order valence-corrected chi connectivity index (χ4v) is 0.101. The van der Waals surface area contributed by atoms with Gasteiger partial charge in [0.25, 0.3) is 11.8 Å². The lowest BCUT2D eigenvalue weighted by molar-refractivity contribution is -0.138. The van der Waals surface area contributed by atoms with Crippen molar-refractivity contribution in [1.82, 2.24) is 0 Å². The second kappa shape index (κ2) is 2.08. The zero-order valence-electron chi connectivity index (χ0n) is 4.55. The van der Waals surface area contributed by atoms with Gasteiger partial charge in [0.05, 0.1) is 0 Å². The van der Waals surface area contributed by atoms with Crippen LogP contribution in [0.4, 0.5) is 0 Å². The van der Waals surface area contributed by atoms with Crippen LogP contribution in [0, 0.1) is 0 Å². The van der Waals surface area contributed by atoms with Crippen LogP contribution in [-0.4, -0.2) is 18.9 Å². The summed E-state index contributed by atoms with van der Waals surface area (Å²) in [5, 5.41) is 0. The van der Waals surface area contributed by atoms with Gasteiger partial charge in [-0.2, -0.15) is 0 Å². The highest BCUT2D eigenvalue weighted by atomic mass is 16.5. The first-order valence-corrected chi connectivity index (χ1v) is 1.93. The predicted molar refractivity (Wildman–Crippen MR) is 27.3 cm³/mol. The highest BCUT2D eigenvalue weighted by Gasteiger charge is 2.24. The minimum Gasteiger partial charge on any atom is -0.365 e. The fourth-order valence-electron chi connectivity index (χ4n) is 0.101. The van der Waals surface area contributed by atoms with Crippen LogP contribution in [0.3, 0.4) is 0 Å². The summed E-state index contributed by atoms with van der Waals surface area (Å²) in [4.78, 5) is 10.1. The van der Waals surface area contributed by atoms with E-state index in [9.17, 15) is 4.79 Å². The molecule has 0 aliphatic heterocycles. The molecule has 0 heterocycles. The first kappa shape index (κ1) is 7.35. The van der Waals surface area contributed by atoms with E-state index in [2.05, 4.69) is 10.5 Å². The SMILES string of the molecule is COC(N)(N)C(N)=O. The van der Waals surface area contributed by atoms with Crippen LogP contribution in [0.1, 0.15) is 0 Å². The summed E-state index contributed by atoms with van der Waals surface area (Å²) in [7, 11) is 1.20. The van der Waals surface area contributed by atoms with Crippen LogP contribution in [0.2, 0.25) is 0 Å². The fraction of sp³-hybridized carbons (Fsp3) is 0.667. The van der Waals surface area contributed by atoms with Gasteiger partial charge in [-0.15, -0.1) is 0 Å². The number of carbonyl (C=O) groups is 1. The molecule has 48 valence electrons. The van der Waals surface area contributed by atoms with Crippen molar-refractivity contribution in [2.45, 2.75) is 5.85 Å². The smallest absolute Gasteiger partial charge is 0.280 e. The lowest BCUT2D eigenvalue weighted by Crippen LogP contribution is -2.60. The number of hydrogen-bond donors (Lipinski definition) is 3. The second-order valence-corrected chi connectivity index (χ2v) is 1.36. The molecule has 5 nitrogen and oxygen atoms in total. The maximum Gasteiger partial charge on any atom is 0.280 e. The van der Waals surface area contributed by atoms with Gasteiger partial charge in [0.2, 0.25) is 0 Å². The van der Waals surface area contributed by atoms with Gasteiger partial charge in [-0.3, -0.25) is 16.3 Å². The van der Waals surface area contributed by atoms with Crippen molar-refractivity contribution in [2.75, 3.05) is 7.11 Å². The summed E-state index contributed by atoms with van der Waals surface area (Å²) < 4.78 is 4.28. The van der Waals surface area contributed by atoms with Gasteiger partial charge in [-0.05, 0) is 0 Å². The summed E-state index contributed by atoms with van der Waals surface area (Å²) in [5.74, 6) is -2.71. The number of carbonyl (C=O) groups excluding carboxylic acids is 1. The average Bonchev–Trinajstić information content (AvgIpc) is 1.67. The Labute approximate surface area is 46.8 Å². The number of primary amides is 1. The monoisotopic (exact) mass is 119 g/mol. The van der Waals surface area contributed by atoms with Crippen molar-refractivity contribution >= 4 is 5.91 Å². The van der Waals surface area contributed by atoms with Gasteiger partial charge < -0.3 is 10.5 Å². The number of hydrogen-bond acceptors (Lipinski definition) is 4. The van der Waals surface area contributed by atoms with Crippen LogP contribution >= 0.6 is 0 Å². The van der Waals surface area contributed by atoms with E-state index < -0.39 is 11.8 Å². The van der Waals surface area contributed by atoms with E-state index in [1.165, 1.54) is 7.11 Å². The zero-order valence-corrected chi connectivity index (χ0v) is 4.55. The first-order valence-electron chi connectivity index (χ1n) is 1.93. The number of methoxy groups -OCH3 is 1. The lowest BCUT2D eigenvalue weighted by Gasteiger charge is -2.16. The minimum absolute atomic E-state index is 0.889. The Bertz CT molecular complexity index is 101. The molecule has 0 aliphatic carbocycles. The Morgan fingerprint density at radius 2 is 2.00 bits per heavy atom. The molecule has 0 aromatic carbocycles. The first-order chi connectivity index (χ1) is 3.50. The van der Waals surface area contributed by atoms with Crippen molar-refractivity contribution in [3.63, 3.8) is 0 Å². The van der Waals surface area contributed by atoms with Crippen molar-refractivity contribution in [3.05, 3.63) is 0 Å². The summed E-state index contributed by atoms with van der Waals surface area (Å²) in [6.07, 6.45) is 0. The molecule has 0 aromatic heterocycles. The van der Waals surface area contributed by atoms with Crippen molar-refractivity contribution < 1.29 is 9.53 Å². The third-order valence-electron chi connectivity index (χ3n) is 0.723. The Hall–Kier alpha value is -0.650. The molecular formula is C3H9N3O2. The Morgan fingerprint density at radius 1 is 1.62 bits per heavy atom. The standard InChI is InChI=1S/C3H9N3O2/c1-8-3(5,6)2(4)7/h5-6H2,1H3,(H2,4,7). The van der Waals surface area contributed by atoms with Gasteiger partial charge in [-0.25, -0.2) is 0 Å². The van der Waals surface area contributed by atoms with Crippen molar-refractivity contribution in [3.8, 4) is 0 Å². The molecule has 0 saturated carbocycles. The van der Waals surface area contributed by atoms with E-state index in [0.29, 0.717) is 0 Å². The Kier molecular flexibility index (Phi) is 1.91. The molecule has 0 spiro atoms. The van der Waals surface area contributed by atoms with Crippen molar-refractivity contribution in [1.29, 1.82) is 0 Å². The normalized spacial score (nSPS) is 11.4. The number of ether oxygens (including phenoxy) is 1. The molecule has 0 aromatic rings. The molecule has 0 unspecified atom stereocenters. The van der Waals surface area contributed by atoms with Gasteiger partial charge >= 0.3 is 0 Å². The van der Waals surface area contributed by atoms with Crippen LogP contribution in [0.5, 0.6) is 0 Å². The molecule has 0 fully saturated rings. The van der Waals surface area contributed by atoms with Crippen LogP contribution in [0.15, 0.2) is 0 Å². The highest BCUT2D eigenvalue weighted by molar-refractivity contribution is 5.81. The number of nitrogens with two attached hydrogens (primary N) is 3. The third-order valence-corrected chi connectivity index (χ3v) is 0.723. The van der Waals surface area contributed by atoms with E-state index in [1.54, 1.807) is 0 Å². The molecule has 1 amide bonds. The molecule has 0 bridgehead atoms. The molecule has 0 radical (unpaired) electrons. The molecule has 0 atom stereocenters. The largest absolute Gasteiger partial charge is 0.365 e. The van der Waals surface area contributed by atoms with E-state index in [1.807, 2.05) is 0 Å². The summed E-state index contributed by atoms with van der Waals surface area (Å²) in [6, 6.07) is 0. The maximum atomic E-state index is 10.1. The van der Waals surface area contributed by atoms with E-state index in [4.69, 9.17) is 11.5 Å². The summed E-state index contributed by atoms with van der Waals surface area (Å²) in [6.45, 7) is 0. The van der Waals surface area contributed by atoms with Crippen LogP contribution < -0.4 is 17.2 Å². The van der Waals surface area contributed by atoms with Crippen LogP contribution in [0.25, 0.3) is 0 Å². The van der Waals surface area contributed by atoms with E-state index in [-0.39, 0.29) is 0 Å². The minimum atomic E-state index is -1.82. The molecule has 6 N–H and O–H groups in total. The van der Waals surface area contributed by atoms with E-state index >= 15 is 0 Å². The lowest BCUT2D eigenvalue weighted by atomic mass is 10.4. The number of rotatable bonds is 2.